The number of aromatic nitrogens is 2. The highest BCUT2D eigenvalue weighted by Gasteiger charge is 2.39. The zero-order valence-corrected chi connectivity index (χ0v) is 25.3. The Hall–Kier alpha value is -4.71. The molecule has 11 nitrogen and oxygen atoms in total. The minimum atomic E-state index is -5.08. The number of alkyl halides is 6. The highest BCUT2D eigenvalue weighted by atomic mass is 32.1. The van der Waals surface area contributed by atoms with Crippen molar-refractivity contribution in [2.75, 3.05) is 33.3 Å². The van der Waals surface area contributed by atoms with Gasteiger partial charge >= 0.3 is 24.3 Å². The molecule has 3 aromatic heterocycles. The number of pyridine rings is 2. The summed E-state index contributed by atoms with van der Waals surface area (Å²) in [5.74, 6) is -5.37. The van der Waals surface area contributed by atoms with E-state index in [4.69, 9.17) is 24.5 Å². The van der Waals surface area contributed by atoms with Gasteiger partial charge in [-0.25, -0.2) is 9.59 Å². The molecule has 0 radical (unpaired) electrons. The van der Waals surface area contributed by atoms with Gasteiger partial charge in [0.2, 0.25) is 0 Å². The number of rotatable bonds is 7. The summed E-state index contributed by atoms with van der Waals surface area (Å²) in [5, 5.41) is 18.6. The number of carbonyl (C=O) groups is 3. The molecule has 1 aliphatic rings. The number of hydrogen-bond donors (Lipinski definition) is 3. The number of likely N-dealkylation sites (tertiary alicyclic amines) is 1. The first-order chi connectivity index (χ1) is 22.1. The summed E-state index contributed by atoms with van der Waals surface area (Å²) in [7, 11) is 1.51. The van der Waals surface area contributed by atoms with Crippen LogP contribution < -0.4 is 15.6 Å². The number of nitrogens with one attached hydrogen (secondary N) is 1. The van der Waals surface area contributed by atoms with E-state index in [-0.39, 0.29) is 11.5 Å². The Bertz CT molecular complexity index is 1740. The van der Waals surface area contributed by atoms with Crippen molar-refractivity contribution in [2.45, 2.75) is 31.7 Å². The Labute approximate surface area is 266 Å². The van der Waals surface area contributed by atoms with E-state index in [0.29, 0.717) is 29.1 Å². The van der Waals surface area contributed by atoms with Gasteiger partial charge in [-0.3, -0.25) is 14.6 Å². The Balaban J connectivity index is 0.000000360. The number of carboxylic acid groups (broad SMARTS) is 2. The molecular weight excluding hydrogens is 662 g/mol. The van der Waals surface area contributed by atoms with E-state index in [1.807, 2.05) is 42.5 Å². The first-order valence-corrected chi connectivity index (χ1v) is 14.5. The van der Waals surface area contributed by atoms with Crippen molar-refractivity contribution in [1.29, 1.82) is 0 Å². The van der Waals surface area contributed by atoms with Crippen molar-refractivity contribution in [3.8, 4) is 5.75 Å². The van der Waals surface area contributed by atoms with Gasteiger partial charge in [0.05, 0.1) is 29.6 Å². The summed E-state index contributed by atoms with van der Waals surface area (Å²) in [6, 6.07) is 13.4. The van der Waals surface area contributed by atoms with Crippen LogP contribution in [0.2, 0.25) is 0 Å². The lowest BCUT2D eigenvalue weighted by atomic mass is 10.1. The summed E-state index contributed by atoms with van der Waals surface area (Å²) in [6.07, 6.45) is -6.01. The number of para-hydroxylation sites is 1. The SMILES string of the molecule is COc1c(C(=O)NCCN2CCCC2)sc2c1c(=O)n(Cc1ccccn1)c1ccccc21.O=C(O)C(F)(F)F.O=C(O)C(F)(F)F. The third-order valence-electron chi connectivity index (χ3n) is 6.62. The maximum absolute atomic E-state index is 13.7. The molecule has 0 spiro atoms. The minimum Gasteiger partial charge on any atom is -0.494 e. The molecule has 0 unspecified atom stereocenters. The van der Waals surface area contributed by atoms with Crippen LogP contribution in [0, 0.1) is 0 Å². The number of ether oxygens (including phenoxy) is 1. The number of thiophene rings is 1. The standard InChI is InChI=1S/C25H26N4O3S.2C2HF3O2/c1-32-21-20-22(33-23(21)24(30)27-12-15-28-13-6-7-14-28)18-9-2-3-10-19(18)29(25(20)31)16-17-8-4-5-11-26-17;2*3-2(4,5)1(6)7/h2-5,8-11H,6-7,12-16H2,1H3,(H,27,30);2*(H,6,7). The number of carboxylic acids is 2. The minimum absolute atomic E-state index is 0.182. The summed E-state index contributed by atoms with van der Waals surface area (Å²) >= 11 is 1.32. The Kier molecular flexibility index (Phi) is 12.3. The molecule has 1 saturated heterocycles. The van der Waals surface area contributed by atoms with Crippen molar-refractivity contribution in [1.82, 2.24) is 19.8 Å². The average molecular weight is 691 g/mol. The first-order valence-electron chi connectivity index (χ1n) is 13.7. The molecule has 4 aromatic rings. The Morgan fingerprint density at radius 2 is 1.53 bits per heavy atom. The van der Waals surface area contributed by atoms with Crippen LogP contribution >= 0.6 is 11.3 Å². The monoisotopic (exact) mass is 690 g/mol. The van der Waals surface area contributed by atoms with Gasteiger partial charge in [-0.15, -0.1) is 11.3 Å². The van der Waals surface area contributed by atoms with Crippen LogP contribution in [0.5, 0.6) is 5.75 Å². The highest BCUT2D eigenvalue weighted by molar-refractivity contribution is 7.22. The molecule has 1 aromatic carbocycles. The molecule has 0 bridgehead atoms. The second-order valence-corrected chi connectivity index (χ2v) is 10.8. The third-order valence-corrected chi connectivity index (χ3v) is 7.82. The summed E-state index contributed by atoms with van der Waals surface area (Å²) in [6.45, 7) is 3.92. The van der Waals surface area contributed by atoms with E-state index in [9.17, 15) is 35.9 Å². The van der Waals surface area contributed by atoms with Gasteiger partial charge < -0.3 is 29.7 Å². The molecular formula is C29H28F6N4O7S. The quantitative estimate of drug-likeness (QED) is 0.233. The molecule has 0 aliphatic carbocycles. The van der Waals surface area contributed by atoms with Crippen molar-refractivity contribution in [3.63, 3.8) is 0 Å². The van der Waals surface area contributed by atoms with Crippen molar-refractivity contribution in [2.24, 2.45) is 0 Å². The van der Waals surface area contributed by atoms with Crippen molar-refractivity contribution >= 4 is 50.2 Å². The zero-order valence-electron chi connectivity index (χ0n) is 24.5. The third kappa shape index (κ3) is 9.65. The van der Waals surface area contributed by atoms with Crippen LogP contribution in [0.3, 0.4) is 0 Å². The normalized spacial score (nSPS) is 13.3. The van der Waals surface area contributed by atoms with E-state index in [0.717, 1.165) is 40.9 Å². The van der Waals surface area contributed by atoms with Crippen LogP contribution in [-0.2, 0) is 16.1 Å². The molecule has 5 rings (SSSR count). The Morgan fingerprint density at radius 3 is 2.06 bits per heavy atom. The van der Waals surface area contributed by atoms with Gasteiger partial charge in [-0.05, 0) is 44.1 Å². The second kappa shape index (κ2) is 15.7. The largest absolute Gasteiger partial charge is 0.494 e. The van der Waals surface area contributed by atoms with Crippen molar-refractivity contribution in [3.05, 3.63) is 69.6 Å². The molecule has 18 heteroatoms. The molecule has 0 saturated carbocycles. The molecule has 1 amide bonds. The fraction of sp³-hybridized carbons (Fsp3) is 0.345. The van der Waals surface area contributed by atoms with E-state index in [1.165, 1.54) is 31.3 Å². The number of halogens is 6. The Morgan fingerprint density at radius 1 is 0.957 bits per heavy atom. The lowest BCUT2D eigenvalue weighted by molar-refractivity contribution is -0.193. The van der Waals surface area contributed by atoms with Gasteiger partial charge in [0, 0.05) is 24.7 Å². The molecule has 0 atom stereocenters. The molecule has 47 heavy (non-hydrogen) atoms. The first kappa shape index (κ1) is 36.8. The number of hydrogen-bond acceptors (Lipinski definition) is 8. The highest BCUT2D eigenvalue weighted by Crippen LogP contribution is 2.39. The lowest BCUT2D eigenvalue weighted by Crippen LogP contribution is -2.33. The van der Waals surface area contributed by atoms with Crippen LogP contribution in [0.1, 0.15) is 28.2 Å². The predicted molar refractivity (Wildman–Crippen MR) is 159 cm³/mol. The molecule has 3 N–H and O–H groups in total. The van der Waals surface area contributed by atoms with E-state index in [2.05, 4.69) is 15.2 Å². The smallest absolute Gasteiger partial charge is 0.490 e. The molecule has 254 valence electrons. The summed E-state index contributed by atoms with van der Waals surface area (Å²) in [5.41, 5.74) is 1.42. The summed E-state index contributed by atoms with van der Waals surface area (Å²) < 4.78 is 71.6. The van der Waals surface area contributed by atoms with Crippen molar-refractivity contribution < 1.29 is 55.7 Å². The van der Waals surface area contributed by atoms with Gasteiger partial charge in [-0.2, -0.15) is 26.3 Å². The maximum atomic E-state index is 13.7. The van der Waals surface area contributed by atoms with Crippen LogP contribution in [0.4, 0.5) is 26.3 Å². The van der Waals surface area contributed by atoms with Gasteiger partial charge in [0.15, 0.2) is 5.75 Å². The van der Waals surface area contributed by atoms with E-state index in [1.54, 1.807) is 10.8 Å². The molecule has 1 fully saturated rings. The number of carbonyl (C=O) groups excluding carboxylic acids is 1. The number of benzene rings is 1. The average Bonchev–Trinajstić information content (AvgIpc) is 3.68. The number of nitrogens with zero attached hydrogens (tertiary/aromatic N) is 3. The van der Waals surface area contributed by atoms with Gasteiger partial charge in [0.25, 0.3) is 11.5 Å². The number of fused-ring (bicyclic) bond motifs is 3. The van der Waals surface area contributed by atoms with Gasteiger partial charge in [-0.1, -0.05) is 24.3 Å². The fourth-order valence-electron chi connectivity index (χ4n) is 4.51. The number of amides is 1. The topological polar surface area (TPSA) is 151 Å². The lowest BCUT2D eigenvalue weighted by Gasteiger charge is -2.14. The van der Waals surface area contributed by atoms with Gasteiger partial charge in [0.1, 0.15) is 10.3 Å². The zero-order chi connectivity index (χ0) is 34.9. The van der Waals surface area contributed by atoms with E-state index >= 15 is 0 Å². The van der Waals surface area contributed by atoms with Crippen LogP contribution in [0.25, 0.3) is 21.0 Å². The summed E-state index contributed by atoms with van der Waals surface area (Å²) in [4.78, 5) is 51.7. The van der Waals surface area contributed by atoms with Crippen LogP contribution in [-0.4, -0.2) is 88.2 Å². The van der Waals surface area contributed by atoms with Crippen LogP contribution in [0.15, 0.2) is 53.5 Å². The fourth-order valence-corrected chi connectivity index (χ4v) is 5.73. The van der Waals surface area contributed by atoms with E-state index < -0.39 is 24.3 Å². The molecule has 4 heterocycles. The maximum Gasteiger partial charge on any atom is 0.490 e. The number of aliphatic carboxylic acids is 2. The predicted octanol–water partition coefficient (Wildman–Crippen LogP) is 4.76. The molecule has 1 aliphatic heterocycles. The number of methoxy groups -OCH3 is 1. The second-order valence-electron chi connectivity index (χ2n) is 9.81.